The second kappa shape index (κ2) is 6.80. The topological polar surface area (TPSA) is 84.3 Å². The van der Waals surface area contributed by atoms with E-state index >= 15 is 0 Å². The molecule has 28 heavy (non-hydrogen) atoms. The Bertz CT molecular complexity index is 1100. The van der Waals surface area contributed by atoms with Gasteiger partial charge in [0.15, 0.2) is 5.82 Å². The monoisotopic (exact) mass is 385 g/mol. The third-order valence-corrected chi connectivity index (χ3v) is 3.93. The molecule has 0 saturated carbocycles. The highest BCUT2D eigenvalue weighted by atomic mass is 19.4. The molecule has 1 aromatic carbocycles. The highest BCUT2D eigenvalue weighted by Crippen LogP contribution is 2.31. The maximum Gasteiger partial charge on any atom is 0.416 e. The molecule has 7 nitrogen and oxygen atoms in total. The van der Waals surface area contributed by atoms with Crippen LogP contribution in [0, 0.1) is 6.92 Å². The van der Waals surface area contributed by atoms with Crippen molar-refractivity contribution >= 4 is 11.6 Å². The number of H-pyrrole nitrogens is 1. The summed E-state index contributed by atoms with van der Waals surface area (Å²) >= 11 is 0. The van der Waals surface area contributed by atoms with Crippen LogP contribution in [0.1, 0.15) is 11.3 Å². The van der Waals surface area contributed by atoms with Gasteiger partial charge in [-0.05, 0) is 37.3 Å². The first kappa shape index (κ1) is 17.7. The number of hydrogen-bond acceptors (Lipinski definition) is 5. The summed E-state index contributed by atoms with van der Waals surface area (Å²) in [6, 6.07) is 8.45. The largest absolute Gasteiger partial charge is 0.416 e. The fraction of sp³-hybridized carbons (Fsp3) is 0.111. The number of aromatic nitrogens is 6. The summed E-state index contributed by atoms with van der Waals surface area (Å²) in [6.45, 7) is 1.89. The van der Waals surface area contributed by atoms with Gasteiger partial charge in [-0.1, -0.05) is 6.07 Å². The molecule has 0 fully saturated rings. The number of nitrogens with one attached hydrogen (secondary N) is 2. The molecule has 0 saturated heterocycles. The predicted octanol–water partition coefficient (Wildman–Crippen LogP) is 4.12. The summed E-state index contributed by atoms with van der Waals surface area (Å²) in [5.41, 5.74) is 1.06. The van der Waals surface area contributed by atoms with Crippen molar-refractivity contribution in [3.63, 3.8) is 0 Å². The van der Waals surface area contributed by atoms with Gasteiger partial charge < -0.3 is 5.32 Å². The second-order valence-corrected chi connectivity index (χ2v) is 6.04. The van der Waals surface area contributed by atoms with Gasteiger partial charge in [0.25, 0.3) is 0 Å². The maximum absolute atomic E-state index is 12.8. The van der Waals surface area contributed by atoms with E-state index in [0.29, 0.717) is 17.2 Å². The van der Waals surface area contributed by atoms with Crippen molar-refractivity contribution in [1.82, 2.24) is 29.7 Å². The van der Waals surface area contributed by atoms with Crippen LogP contribution in [0.15, 0.2) is 55.1 Å². The van der Waals surface area contributed by atoms with E-state index in [1.54, 1.807) is 23.2 Å². The minimum Gasteiger partial charge on any atom is -0.323 e. The molecule has 0 atom stereocenters. The highest BCUT2D eigenvalue weighted by molar-refractivity contribution is 5.59. The molecule has 142 valence electrons. The van der Waals surface area contributed by atoms with Crippen LogP contribution < -0.4 is 5.32 Å². The standard InChI is InChI=1S/C18H14F3N7/c1-11-9-28(10-23-11)15-6-5-12(8-22-15)16-25-17(27-26-16)24-14-4-2-3-13(7-14)18(19,20)21/h2-10H,1H3,(H2,24,25,26,27). The number of benzene rings is 1. The SMILES string of the molecule is Cc1cn(-c2ccc(-c3nc(Nc4cccc(C(F)(F)F)c4)n[nH]3)cn2)cn1. The molecule has 2 N–H and O–H groups in total. The van der Waals surface area contributed by atoms with Gasteiger partial charge in [-0.2, -0.15) is 18.2 Å². The van der Waals surface area contributed by atoms with Crippen LogP contribution in [-0.2, 0) is 6.18 Å². The fourth-order valence-corrected chi connectivity index (χ4v) is 2.57. The van der Waals surface area contributed by atoms with Crippen LogP contribution in [0.25, 0.3) is 17.2 Å². The Morgan fingerprint density at radius 2 is 1.96 bits per heavy atom. The van der Waals surface area contributed by atoms with Gasteiger partial charge in [-0.15, -0.1) is 5.10 Å². The summed E-state index contributed by atoms with van der Waals surface area (Å²) < 4.78 is 40.2. The Balaban J connectivity index is 1.52. The minimum absolute atomic E-state index is 0.156. The Morgan fingerprint density at radius 3 is 2.64 bits per heavy atom. The second-order valence-electron chi connectivity index (χ2n) is 6.04. The summed E-state index contributed by atoms with van der Waals surface area (Å²) in [5.74, 6) is 1.30. The Labute approximate surface area is 157 Å². The number of aryl methyl sites for hydroxylation is 1. The molecular weight excluding hydrogens is 371 g/mol. The normalized spacial score (nSPS) is 11.6. The van der Waals surface area contributed by atoms with Gasteiger partial charge in [-0.25, -0.2) is 9.97 Å². The first-order chi connectivity index (χ1) is 13.4. The summed E-state index contributed by atoms with van der Waals surface area (Å²) in [5, 5.41) is 9.50. The van der Waals surface area contributed by atoms with E-state index in [2.05, 4.69) is 30.5 Å². The first-order valence-corrected chi connectivity index (χ1v) is 8.22. The number of halogens is 3. The minimum atomic E-state index is -4.41. The van der Waals surface area contributed by atoms with Crippen molar-refractivity contribution in [2.45, 2.75) is 13.1 Å². The summed E-state index contributed by atoms with van der Waals surface area (Å²) in [4.78, 5) is 12.8. The van der Waals surface area contributed by atoms with Crippen molar-refractivity contribution in [2.75, 3.05) is 5.32 Å². The number of alkyl halides is 3. The molecule has 0 bridgehead atoms. The van der Waals surface area contributed by atoms with E-state index in [0.717, 1.165) is 17.8 Å². The quantitative estimate of drug-likeness (QED) is 0.552. The zero-order valence-electron chi connectivity index (χ0n) is 14.6. The third-order valence-electron chi connectivity index (χ3n) is 3.93. The molecule has 0 aliphatic rings. The lowest BCUT2D eigenvalue weighted by Crippen LogP contribution is -2.05. The van der Waals surface area contributed by atoms with Crippen molar-refractivity contribution in [3.05, 3.63) is 66.4 Å². The third kappa shape index (κ3) is 3.70. The number of rotatable bonds is 4. The lowest BCUT2D eigenvalue weighted by Gasteiger charge is -2.08. The zero-order valence-corrected chi connectivity index (χ0v) is 14.6. The lowest BCUT2D eigenvalue weighted by atomic mass is 10.2. The molecule has 4 aromatic rings. The van der Waals surface area contributed by atoms with E-state index in [1.165, 1.54) is 12.1 Å². The van der Waals surface area contributed by atoms with Gasteiger partial charge in [-0.3, -0.25) is 9.67 Å². The number of nitrogens with zero attached hydrogens (tertiary/aromatic N) is 5. The Morgan fingerprint density at radius 1 is 1.11 bits per heavy atom. The van der Waals surface area contributed by atoms with Gasteiger partial charge in [0.2, 0.25) is 5.95 Å². The number of anilines is 2. The summed E-state index contributed by atoms with van der Waals surface area (Å²) in [6.07, 6.45) is 0.735. The molecule has 0 aliphatic heterocycles. The van der Waals surface area contributed by atoms with Crippen LogP contribution in [-0.4, -0.2) is 29.7 Å². The van der Waals surface area contributed by atoms with E-state index in [1.807, 2.05) is 19.2 Å². The smallest absolute Gasteiger partial charge is 0.323 e. The van der Waals surface area contributed by atoms with Gasteiger partial charge in [0, 0.05) is 23.6 Å². The zero-order chi connectivity index (χ0) is 19.7. The molecule has 10 heteroatoms. The highest BCUT2D eigenvalue weighted by Gasteiger charge is 2.30. The Kier molecular flexibility index (Phi) is 4.30. The van der Waals surface area contributed by atoms with Crippen LogP contribution in [0.4, 0.5) is 24.8 Å². The van der Waals surface area contributed by atoms with Crippen LogP contribution >= 0.6 is 0 Å². The number of pyridine rings is 1. The van der Waals surface area contributed by atoms with Gasteiger partial charge in [0.1, 0.15) is 12.1 Å². The molecule has 0 unspecified atom stereocenters. The average molecular weight is 385 g/mol. The van der Waals surface area contributed by atoms with E-state index in [9.17, 15) is 13.2 Å². The van der Waals surface area contributed by atoms with Crippen molar-refractivity contribution in [2.24, 2.45) is 0 Å². The molecule has 0 spiro atoms. The number of imidazole rings is 1. The Hall–Kier alpha value is -3.69. The number of aromatic amines is 1. The summed E-state index contributed by atoms with van der Waals surface area (Å²) in [7, 11) is 0. The number of hydrogen-bond donors (Lipinski definition) is 2. The van der Waals surface area contributed by atoms with Gasteiger partial charge >= 0.3 is 6.18 Å². The average Bonchev–Trinajstić information content (AvgIpc) is 3.31. The molecular formula is C18H14F3N7. The lowest BCUT2D eigenvalue weighted by molar-refractivity contribution is -0.137. The molecule has 3 aromatic heterocycles. The van der Waals surface area contributed by atoms with E-state index < -0.39 is 11.7 Å². The molecule has 0 aliphatic carbocycles. The van der Waals surface area contributed by atoms with Crippen LogP contribution in [0.5, 0.6) is 0 Å². The first-order valence-electron chi connectivity index (χ1n) is 8.22. The van der Waals surface area contributed by atoms with Crippen molar-refractivity contribution in [3.8, 4) is 17.2 Å². The molecule has 3 heterocycles. The van der Waals surface area contributed by atoms with Crippen molar-refractivity contribution < 1.29 is 13.2 Å². The predicted molar refractivity (Wildman–Crippen MR) is 96.2 cm³/mol. The molecule has 4 rings (SSSR count). The van der Waals surface area contributed by atoms with Crippen LogP contribution in [0.3, 0.4) is 0 Å². The maximum atomic E-state index is 12.8. The van der Waals surface area contributed by atoms with E-state index in [4.69, 9.17) is 0 Å². The molecule has 0 amide bonds. The van der Waals surface area contributed by atoms with Crippen molar-refractivity contribution in [1.29, 1.82) is 0 Å². The molecule has 0 radical (unpaired) electrons. The van der Waals surface area contributed by atoms with E-state index in [-0.39, 0.29) is 11.6 Å². The fourth-order valence-electron chi connectivity index (χ4n) is 2.57. The van der Waals surface area contributed by atoms with Gasteiger partial charge in [0.05, 0.1) is 11.3 Å². The van der Waals surface area contributed by atoms with Crippen LogP contribution in [0.2, 0.25) is 0 Å².